The molecular formula is C20H24N2O5S. The van der Waals surface area contributed by atoms with Gasteiger partial charge in [0.25, 0.3) is 0 Å². The average Bonchev–Trinajstić information content (AvgIpc) is 2.67. The molecule has 1 aliphatic rings. The van der Waals surface area contributed by atoms with E-state index < -0.39 is 16.1 Å². The van der Waals surface area contributed by atoms with E-state index in [0.717, 1.165) is 16.1 Å². The van der Waals surface area contributed by atoms with Crippen molar-refractivity contribution in [2.75, 3.05) is 30.3 Å². The number of anilines is 1. The minimum absolute atomic E-state index is 0.359. The molecule has 2 aromatic carbocycles. The van der Waals surface area contributed by atoms with Crippen molar-refractivity contribution in [1.29, 1.82) is 0 Å². The molecule has 0 aliphatic carbocycles. The standard InChI is InChI=1S/C20H24N2O5S/c1-15(20(23)21-11-10-16-6-4-3-5-7-16)22(28(2,24)25)17-8-9-18-19(14-17)27-13-12-26-18/h3-9,14-15H,10-13H2,1-2H3,(H,21,23)/t15-/m1/s1. The predicted octanol–water partition coefficient (Wildman–Crippen LogP) is 1.97. The fraction of sp³-hybridized carbons (Fsp3) is 0.350. The van der Waals surface area contributed by atoms with Gasteiger partial charge in [-0.15, -0.1) is 0 Å². The monoisotopic (exact) mass is 404 g/mol. The number of ether oxygens (including phenoxy) is 2. The lowest BCUT2D eigenvalue weighted by molar-refractivity contribution is -0.121. The number of sulfonamides is 1. The second kappa shape index (κ2) is 8.52. The lowest BCUT2D eigenvalue weighted by Crippen LogP contribution is -2.48. The van der Waals surface area contributed by atoms with Crippen LogP contribution in [0.15, 0.2) is 48.5 Å². The van der Waals surface area contributed by atoms with Crippen molar-refractivity contribution in [3.05, 3.63) is 54.1 Å². The maximum Gasteiger partial charge on any atom is 0.243 e. The number of benzene rings is 2. The van der Waals surface area contributed by atoms with Crippen molar-refractivity contribution in [2.45, 2.75) is 19.4 Å². The molecule has 1 amide bonds. The lowest BCUT2D eigenvalue weighted by atomic mass is 10.1. The number of hydrogen-bond acceptors (Lipinski definition) is 5. The van der Waals surface area contributed by atoms with Crippen LogP contribution in [0, 0.1) is 0 Å². The normalized spacial score (nSPS) is 14.2. The van der Waals surface area contributed by atoms with Gasteiger partial charge in [-0.3, -0.25) is 9.10 Å². The molecule has 0 unspecified atom stereocenters. The summed E-state index contributed by atoms with van der Waals surface area (Å²) in [6.45, 7) is 2.83. The molecule has 0 aromatic heterocycles. The minimum Gasteiger partial charge on any atom is -0.486 e. The molecule has 8 heteroatoms. The minimum atomic E-state index is -3.69. The Morgan fingerprint density at radius 3 is 2.46 bits per heavy atom. The Hall–Kier alpha value is -2.74. The summed E-state index contributed by atoms with van der Waals surface area (Å²) >= 11 is 0. The number of carbonyl (C=O) groups excluding carboxylic acids is 1. The van der Waals surface area contributed by atoms with E-state index in [4.69, 9.17) is 9.47 Å². The van der Waals surface area contributed by atoms with Crippen LogP contribution in [0.3, 0.4) is 0 Å². The number of fused-ring (bicyclic) bond motifs is 1. The smallest absolute Gasteiger partial charge is 0.243 e. The fourth-order valence-corrected chi connectivity index (χ4v) is 4.27. The van der Waals surface area contributed by atoms with E-state index in [1.54, 1.807) is 25.1 Å². The van der Waals surface area contributed by atoms with E-state index in [9.17, 15) is 13.2 Å². The van der Waals surface area contributed by atoms with Crippen LogP contribution in [-0.4, -0.2) is 46.4 Å². The molecule has 0 radical (unpaired) electrons. The molecule has 0 spiro atoms. The summed E-state index contributed by atoms with van der Waals surface area (Å²) < 4.78 is 36.9. The highest BCUT2D eigenvalue weighted by molar-refractivity contribution is 7.92. The topological polar surface area (TPSA) is 84.9 Å². The van der Waals surface area contributed by atoms with Gasteiger partial charge in [0, 0.05) is 12.6 Å². The molecule has 0 fully saturated rings. The number of hydrogen-bond donors (Lipinski definition) is 1. The first-order valence-electron chi connectivity index (χ1n) is 9.07. The highest BCUT2D eigenvalue weighted by Crippen LogP contribution is 2.35. The average molecular weight is 404 g/mol. The number of amides is 1. The van der Waals surface area contributed by atoms with Gasteiger partial charge < -0.3 is 14.8 Å². The van der Waals surface area contributed by atoms with Crippen LogP contribution in [0.4, 0.5) is 5.69 Å². The molecule has 2 aromatic rings. The van der Waals surface area contributed by atoms with Crippen LogP contribution in [0.1, 0.15) is 12.5 Å². The Morgan fingerprint density at radius 2 is 1.79 bits per heavy atom. The molecule has 3 rings (SSSR count). The van der Waals surface area contributed by atoms with E-state index in [1.165, 1.54) is 0 Å². The molecule has 0 saturated carbocycles. The predicted molar refractivity (Wildman–Crippen MR) is 107 cm³/mol. The maximum absolute atomic E-state index is 12.6. The SMILES string of the molecule is C[C@H](C(=O)NCCc1ccccc1)N(c1ccc2c(c1)OCCO2)S(C)(=O)=O. The molecule has 1 heterocycles. The van der Waals surface area contributed by atoms with Gasteiger partial charge >= 0.3 is 0 Å². The second-order valence-corrected chi connectivity index (χ2v) is 8.45. The third-order valence-corrected chi connectivity index (χ3v) is 5.67. The summed E-state index contributed by atoms with van der Waals surface area (Å²) in [7, 11) is -3.69. The van der Waals surface area contributed by atoms with Crippen molar-refractivity contribution in [1.82, 2.24) is 5.32 Å². The Balaban J connectivity index is 1.73. The molecule has 1 aliphatic heterocycles. The number of rotatable bonds is 7. The molecule has 1 N–H and O–H groups in total. The first kappa shape index (κ1) is 20.0. The van der Waals surface area contributed by atoms with E-state index in [-0.39, 0.29) is 5.91 Å². The molecule has 28 heavy (non-hydrogen) atoms. The largest absolute Gasteiger partial charge is 0.486 e. The van der Waals surface area contributed by atoms with Crippen molar-refractivity contribution >= 4 is 21.6 Å². The van der Waals surface area contributed by atoms with Gasteiger partial charge in [-0.25, -0.2) is 8.42 Å². The summed E-state index contributed by atoms with van der Waals surface area (Å²) in [6, 6.07) is 13.7. The highest BCUT2D eigenvalue weighted by atomic mass is 32.2. The zero-order chi connectivity index (χ0) is 20.1. The Kier molecular flexibility index (Phi) is 6.08. The van der Waals surface area contributed by atoms with Crippen molar-refractivity contribution < 1.29 is 22.7 Å². The van der Waals surface area contributed by atoms with Gasteiger partial charge in [0.05, 0.1) is 11.9 Å². The van der Waals surface area contributed by atoms with Gasteiger partial charge in [0.1, 0.15) is 19.3 Å². The summed E-state index contributed by atoms with van der Waals surface area (Å²) in [5, 5.41) is 2.81. The van der Waals surface area contributed by atoms with Crippen LogP contribution >= 0.6 is 0 Å². The molecule has 0 bridgehead atoms. The van der Waals surface area contributed by atoms with Crippen LogP contribution < -0.4 is 19.1 Å². The van der Waals surface area contributed by atoms with Gasteiger partial charge in [-0.05, 0) is 31.0 Å². The first-order valence-corrected chi connectivity index (χ1v) is 10.9. The summed E-state index contributed by atoms with van der Waals surface area (Å²) in [4.78, 5) is 12.6. The molecule has 7 nitrogen and oxygen atoms in total. The lowest BCUT2D eigenvalue weighted by Gasteiger charge is -2.29. The highest BCUT2D eigenvalue weighted by Gasteiger charge is 2.30. The zero-order valence-electron chi connectivity index (χ0n) is 15.9. The fourth-order valence-electron chi connectivity index (χ4n) is 3.10. The third kappa shape index (κ3) is 4.75. The zero-order valence-corrected chi connectivity index (χ0v) is 16.7. The summed E-state index contributed by atoms with van der Waals surface area (Å²) in [5.41, 5.74) is 1.46. The van der Waals surface area contributed by atoms with E-state index in [0.29, 0.717) is 43.4 Å². The van der Waals surface area contributed by atoms with Crippen LogP contribution in [0.2, 0.25) is 0 Å². The van der Waals surface area contributed by atoms with E-state index in [2.05, 4.69) is 5.32 Å². The second-order valence-electron chi connectivity index (χ2n) is 6.59. The number of carbonyl (C=O) groups is 1. The Morgan fingerprint density at radius 1 is 1.11 bits per heavy atom. The van der Waals surface area contributed by atoms with Crippen molar-refractivity contribution in [3.63, 3.8) is 0 Å². The first-order chi connectivity index (χ1) is 13.4. The van der Waals surface area contributed by atoms with Gasteiger partial charge in [0.2, 0.25) is 15.9 Å². The number of nitrogens with one attached hydrogen (secondary N) is 1. The van der Waals surface area contributed by atoms with Crippen LogP contribution in [0.25, 0.3) is 0 Å². The summed E-state index contributed by atoms with van der Waals surface area (Å²) in [5.74, 6) is 0.661. The van der Waals surface area contributed by atoms with Gasteiger partial charge in [-0.2, -0.15) is 0 Å². The van der Waals surface area contributed by atoms with E-state index in [1.807, 2.05) is 30.3 Å². The third-order valence-electron chi connectivity index (χ3n) is 4.42. The number of nitrogens with zero attached hydrogens (tertiary/aromatic N) is 1. The maximum atomic E-state index is 12.6. The molecule has 150 valence electrons. The van der Waals surface area contributed by atoms with Crippen molar-refractivity contribution in [2.24, 2.45) is 0 Å². The summed E-state index contributed by atoms with van der Waals surface area (Å²) in [6.07, 6.45) is 1.75. The van der Waals surface area contributed by atoms with Gasteiger partial charge in [0.15, 0.2) is 11.5 Å². The Bertz CT molecular complexity index is 931. The quantitative estimate of drug-likeness (QED) is 0.763. The van der Waals surface area contributed by atoms with Crippen molar-refractivity contribution in [3.8, 4) is 11.5 Å². The van der Waals surface area contributed by atoms with Gasteiger partial charge in [-0.1, -0.05) is 30.3 Å². The molecule has 1 atom stereocenters. The molecular weight excluding hydrogens is 380 g/mol. The van der Waals surface area contributed by atoms with Crippen LogP contribution in [-0.2, 0) is 21.2 Å². The Labute approximate surface area is 165 Å². The van der Waals surface area contributed by atoms with E-state index >= 15 is 0 Å². The van der Waals surface area contributed by atoms with Crippen LogP contribution in [0.5, 0.6) is 11.5 Å². The molecule has 0 saturated heterocycles.